The molecule has 0 aromatic rings. The summed E-state index contributed by atoms with van der Waals surface area (Å²) < 4.78 is 0. The van der Waals surface area contributed by atoms with Gasteiger partial charge in [-0.3, -0.25) is 0 Å². The van der Waals surface area contributed by atoms with Gasteiger partial charge in [0, 0.05) is 24.1 Å². The van der Waals surface area contributed by atoms with Crippen LogP contribution in [-0.4, -0.2) is 30.2 Å². The number of thioether (sulfide) groups is 1. The molecular weight excluding hydrogens is 134 g/mol. The lowest BCUT2D eigenvalue weighted by atomic mass is 10.3. The van der Waals surface area contributed by atoms with Crippen LogP contribution in [-0.2, 0) is 5.11 Å². The van der Waals surface area contributed by atoms with Crippen LogP contribution >= 0.6 is 11.8 Å². The third-order valence-electron chi connectivity index (χ3n) is 1.48. The topological polar surface area (TPSA) is 31.9 Å². The van der Waals surface area contributed by atoms with Crippen LogP contribution in [0.4, 0.5) is 0 Å². The van der Waals surface area contributed by atoms with E-state index in [4.69, 9.17) is 0 Å². The molecular formula is C6H12NOS. The molecule has 1 fully saturated rings. The maximum atomic E-state index is 10.8. The zero-order chi connectivity index (χ0) is 6.69. The Bertz CT molecular complexity index is 81.1. The molecule has 1 rings (SSSR count). The smallest absolute Gasteiger partial charge is 0.103 e. The molecule has 0 saturated carbocycles. The Morgan fingerprint density at radius 3 is 2.89 bits per heavy atom. The highest BCUT2D eigenvalue weighted by Crippen LogP contribution is 2.16. The third-order valence-corrected chi connectivity index (χ3v) is 2.90. The molecule has 0 spiro atoms. The number of hydrogen-bond acceptors (Lipinski definition) is 2. The van der Waals surface area contributed by atoms with Crippen molar-refractivity contribution in [3.8, 4) is 0 Å². The van der Waals surface area contributed by atoms with Crippen molar-refractivity contribution >= 4 is 11.8 Å². The number of rotatable bonds is 1. The van der Waals surface area contributed by atoms with E-state index < -0.39 is 6.10 Å². The average molecular weight is 146 g/mol. The van der Waals surface area contributed by atoms with Crippen LogP contribution in [0.5, 0.6) is 0 Å². The molecule has 53 valence electrons. The molecule has 2 unspecified atom stereocenters. The first-order valence-corrected chi connectivity index (χ1v) is 4.33. The Kier molecular flexibility index (Phi) is 2.82. The van der Waals surface area contributed by atoms with Gasteiger partial charge in [0.05, 0.1) is 0 Å². The molecule has 1 saturated heterocycles. The van der Waals surface area contributed by atoms with E-state index in [1.165, 1.54) is 0 Å². The molecule has 2 atom stereocenters. The Morgan fingerprint density at radius 2 is 2.56 bits per heavy atom. The van der Waals surface area contributed by atoms with Gasteiger partial charge in [0.15, 0.2) is 0 Å². The average Bonchev–Trinajstić information content (AvgIpc) is 1.90. The summed E-state index contributed by atoms with van der Waals surface area (Å²) in [6.45, 7) is 3.70. The lowest BCUT2D eigenvalue weighted by Crippen LogP contribution is -2.37. The van der Waals surface area contributed by atoms with Crippen molar-refractivity contribution in [2.24, 2.45) is 0 Å². The van der Waals surface area contributed by atoms with Crippen molar-refractivity contribution < 1.29 is 5.11 Å². The Balaban J connectivity index is 2.23. The number of nitrogens with one attached hydrogen (secondary N) is 1. The molecule has 1 aliphatic rings. The van der Waals surface area contributed by atoms with Crippen LogP contribution < -0.4 is 5.32 Å². The highest BCUT2D eigenvalue weighted by Gasteiger charge is 2.18. The van der Waals surface area contributed by atoms with E-state index >= 15 is 0 Å². The Hall–Kier alpha value is 0.270. The summed E-state index contributed by atoms with van der Waals surface area (Å²) in [4.78, 5) is 0. The van der Waals surface area contributed by atoms with Crippen molar-refractivity contribution in [1.82, 2.24) is 5.32 Å². The van der Waals surface area contributed by atoms with Crippen LogP contribution in [0.1, 0.15) is 6.92 Å². The molecule has 0 amide bonds. The molecule has 2 nitrogen and oxygen atoms in total. The van der Waals surface area contributed by atoms with Gasteiger partial charge in [-0.25, -0.2) is 5.11 Å². The van der Waals surface area contributed by atoms with E-state index in [0.717, 1.165) is 18.8 Å². The summed E-state index contributed by atoms with van der Waals surface area (Å²) in [6, 6.07) is 0. The van der Waals surface area contributed by atoms with Crippen molar-refractivity contribution in [1.29, 1.82) is 0 Å². The molecule has 0 bridgehead atoms. The minimum absolute atomic E-state index is 0.304. The van der Waals surface area contributed by atoms with Gasteiger partial charge < -0.3 is 5.32 Å². The van der Waals surface area contributed by atoms with Crippen molar-refractivity contribution in [3.05, 3.63) is 0 Å². The van der Waals surface area contributed by atoms with Gasteiger partial charge in [0.1, 0.15) is 6.10 Å². The van der Waals surface area contributed by atoms with Gasteiger partial charge in [-0.1, -0.05) is 0 Å². The van der Waals surface area contributed by atoms with Gasteiger partial charge in [-0.15, -0.1) is 0 Å². The standard InChI is InChI=1S/C6H12NOS/c1-5(8)6-4-7-2-3-9-6/h5-7H,2-4H2,1H3. The van der Waals surface area contributed by atoms with E-state index in [0.29, 0.717) is 5.25 Å². The predicted molar refractivity (Wildman–Crippen MR) is 39.3 cm³/mol. The highest BCUT2D eigenvalue weighted by atomic mass is 32.2. The minimum atomic E-state index is -0.414. The molecule has 0 aromatic heterocycles. The van der Waals surface area contributed by atoms with Crippen molar-refractivity contribution in [3.63, 3.8) is 0 Å². The molecule has 1 aliphatic heterocycles. The van der Waals surface area contributed by atoms with Gasteiger partial charge in [-0.2, -0.15) is 11.8 Å². The Labute approximate surface area is 60.0 Å². The normalized spacial score (nSPS) is 32.0. The lowest BCUT2D eigenvalue weighted by molar-refractivity contribution is 0.102. The SMILES string of the molecule is CC([O])C1CNCCS1. The lowest BCUT2D eigenvalue weighted by Gasteiger charge is -2.23. The molecule has 0 aromatic carbocycles. The maximum absolute atomic E-state index is 10.8. The fraction of sp³-hybridized carbons (Fsp3) is 1.00. The van der Waals surface area contributed by atoms with E-state index in [1.807, 2.05) is 0 Å². The monoisotopic (exact) mass is 146 g/mol. The van der Waals surface area contributed by atoms with Crippen molar-refractivity contribution in [2.45, 2.75) is 18.3 Å². The van der Waals surface area contributed by atoms with E-state index in [9.17, 15) is 5.11 Å². The van der Waals surface area contributed by atoms with Gasteiger partial charge >= 0.3 is 0 Å². The van der Waals surface area contributed by atoms with Crippen LogP contribution in [0.25, 0.3) is 0 Å². The van der Waals surface area contributed by atoms with Crippen molar-refractivity contribution in [2.75, 3.05) is 18.8 Å². The highest BCUT2D eigenvalue weighted by molar-refractivity contribution is 8.00. The first-order valence-electron chi connectivity index (χ1n) is 3.29. The largest absolute Gasteiger partial charge is 0.315 e. The second-order valence-electron chi connectivity index (χ2n) is 2.32. The van der Waals surface area contributed by atoms with Crippen LogP contribution in [0.15, 0.2) is 0 Å². The van der Waals surface area contributed by atoms with E-state index in [2.05, 4.69) is 5.32 Å². The summed E-state index contributed by atoms with van der Waals surface area (Å²) in [5, 5.41) is 14.3. The summed E-state index contributed by atoms with van der Waals surface area (Å²) in [7, 11) is 0. The van der Waals surface area contributed by atoms with Gasteiger partial charge in [-0.05, 0) is 6.92 Å². The molecule has 1 heterocycles. The minimum Gasteiger partial charge on any atom is -0.315 e. The van der Waals surface area contributed by atoms with Gasteiger partial charge in [0.2, 0.25) is 0 Å². The van der Waals surface area contributed by atoms with Crippen LogP contribution in [0.3, 0.4) is 0 Å². The van der Waals surface area contributed by atoms with E-state index in [1.54, 1.807) is 18.7 Å². The molecule has 0 aliphatic carbocycles. The fourth-order valence-corrected chi connectivity index (χ4v) is 1.96. The summed E-state index contributed by atoms with van der Waals surface area (Å²) in [5.41, 5.74) is 0. The van der Waals surface area contributed by atoms with Crippen LogP contribution in [0.2, 0.25) is 0 Å². The quantitative estimate of drug-likeness (QED) is 0.584. The summed E-state index contributed by atoms with van der Waals surface area (Å²) >= 11 is 1.80. The van der Waals surface area contributed by atoms with Crippen LogP contribution in [0, 0.1) is 0 Å². The summed E-state index contributed by atoms with van der Waals surface area (Å²) in [5.74, 6) is 1.09. The zero-order valence-corrected chi connectivity index (χ0v) is 6.41. The van der Waals surface area contributed by atoms with Gasteiger partial charge in [0.25, 0.3) is 0 Å². The predicted octanol–water partition coefficient (Wildman–Crippen LogP) is 0.510. The summed E-state index contributed by atoms with van der Waals surface area (Å²) in [6.07, 6.45) is -0.414. The fourth-order valence-electron chi connectivity index (χ4n) is 0.887. The second kappa shape index (κ2) is 3.44. The zero-order valence-electron chi connectivity index (χ0n) is 5.59. The number of hydrogen-bond donors (Lipinski definition) is 1. The first-order chi connectivity index (χ1) is 4.30. The Morgan fingerprint density at radius 1 is 1.78 bits per heavy atom. The third kappa shape index (κ3) is 2.16. The molecule has 9 heavy (non-hydrogen) atoms. The molecule has 1 N–H and O–H groups in total. The van der Waals surface area contributed by atoms with E-state index in [-0.39, 0.29) is 0 Å². The second-order valence-corrected chi connectivity index (χ2v) is 3.67. The first kappa shape index (κ1) is 7.38. The molecule has 3 heteroatoms. The molecule has 1 radical (unpaired) electrons. The maximum Gasteiger partial charge on any atom is 0.103 e.